The molecule has 2 heterocycles. The van der Waals surface area contributed by atoms with Gasteiger partial charge in [-0.1, -0.05) is 17.7 Å². The van der Waals surface area contributed by atoms with E-state index in [9.17, 15) is 0 Å². The number of rotatable bonds is 3. The number of hydrogen-bond donors (Lipinski definition) is 0. The van der Waals surface area contributed by atoms with Crippen LogP contribution in [0.15, 0.2) is 48.0 Å². The van der Waals surface area contributed by atoms with Gasteiger partial charge in [-0.2, -0.15) is 0 Å². The highest BCUT2D eigenvalue weighted by Gasteiger charge is 2.02. The van der Waals surface area contributed by atoms with E-state index >= 15 is 0 Å². The van der Waals surface area contributed by atoms with E-state index in [0.29, 0.717) is 0 Å². The maximum Gasteiger partial charge on any atom is 0.0481 e. The van der Waals surface area contributed by atoms with Gasteiger partial charge in [0.25, 0.3) is 0 Å². The van der Waals surface area contributed by atoms with E-state index in [2.05, 4.69) is 40.4 Å². The molecule has 3 rings (SSSR count). The predicted octanol–water partition coefficient (Wildman–Crippen LogP) is 4.60. The van der Waals surface area contributed by atoms with Gasteiger partial charge in [-0.05, 0) is 42.1 Å². The molecular weight excluding hydrogens is 250 g/mol. The molecule has 0 saturated carbocycles. The Balaban J connectivity index is 1.86. The molecule has 0 fully saturated rings. The Bertz CT molecular complexity index is 625. The van der Waals surface area contributed by atoms with E-state index in [4.69, 9.17) is 11.6 Å². The minimum atomic E-state index is 0.800. The van der Waals surface area contributed by atoms with E-state index < -0.39 is 0 Å². The Morgan fingerprint density at radius 2 is 2.12 bits per heavy atom. The van der Waals surface area contributed by atoms with Crippen LogP contribution in [0.5, 0.6) is 0 Å². The maximum atomic E-state index is 5.98. The normalized spacial score (nSPS) is 11.1. The van der Waals surface area contributed by atoms with Crippen LogP contribution in [0.25, 0.3) is 10.9 Å². The molecular formula is C14H12ClNS. The summed E-state index contributed by atoms with van der Waals surface area (Å²) in [6.45, 7) is 1.02. The molecule has 0 saturated heterocycles. The average Bonchev–Trinajstić information content (AvgIpc) is 2.94. The fraction of sp³-hybridized carbons (Fsp3) is 0.143. The number of aromatic nitrogens is 1. The van der Waals surface area contributed by atoms with Crippen molar-refractivity contribution in [3.63, 3.8) is 0 Å². The maximum absolute atomic E-state index is 5.98. The van der Waals surface area contributed by atoms with Gasteiger partial charge in [0.05, 0.1) is 0 Å². The summed E-state index contributed by atoms with van der Waals surface area (Å²) in [5.41, 5.74) is 1.26. The molecule has 0 bridgehead atoms. The third-order valence-electron chi connectivity index (χ3n) is 2.91. The van der Waals surface area contributed by atoms with E-state index in [-0.39, 0.29) is 0 Å². The van der Waals surface area contributed by atoms with Crippen LogP contribution < -0.4 is 0 Å². The summed E-state index contributed by atoms with van der Waals surface area (Å²) in [6, 6.07) is 12.5. The first kappa shape index (κ1) is 10.9. The van der Waals surface area contributed by atoms with Crippen molar-refractivity contribution in [1.82, 2.24) is 4.57 Å². The van der Waals surface area contributed by atoms with Gasteiger partial charge in [0.15, 0.2) is 0 Å². The van der Waals surface area contributed by atoms with E-state index in [1.807, 2.05) is 23.5 Å². The standard InChI is InChI=1S/C14H12ClNS/c15-12-3-4-14-11(10-12)5-7-16(14)8-6-13-2-1-9-17-13/h1-5,7,9-10H,6,8H2. The molecule has 0 spiro atoms. The lowest BCUT2D eigenvalue weighted by molar-refractivity contribution is 0.730. The van der Waals surface area contributed by atoms with Crippen LogP contribution in [-0.4, -0.2) is 4.57 Å². The van der Waals surface area contributed by atoms with Crippen molar-refractivity contribution < 1.29 is 0 Å². The molecule has 3 heteroatoms. The van der Waals surface area contributed by atoms with E-state index in [1.165, 1.54) is 15.8 Å². The summed E-state index contributed by atoms with van der Waals surface area (Å²) in [4.78, 5) is 1.43. The molecule has 1 aromatic carbocycles. The molecule has 0 radical (unpaired) electrons. The summed E-state index contributed by atoms with van der Waals surface area (Å²) in [5.74, 6) is 0. The lowest BCUT2D eigenvalue weighted by atomic mass is 10.2. The third-order valence-corrected chi connectivity index (χ3v) is 4.08. The lowest BCUT2D eigenvalue weighted by Crippen LogP contribution is -1.98. The van der Waals surface area contributed by atoms with Gasteiger partial charge in [-0.15, -0.1) is 11.3 Å². The minimum absolute atomic E-state index is 0.800. The molecule has 0 unspecified atom stereocenters. The molecule has 2 aromatic heterocycles. The predicted molar refractivity (Wildman–Crippen MR) is 75.0 cm³/mol. The second kappa shape index (κ2) is 4.55. The van der Waals surface area contributed by atoms with Crippen LogP contribution in [0.4, 0.5) is 0 Å². The van der Waals surface area contributed by atoms with Crippen molar-refractivity contribution in [2.75, 3.05) is 0 Å². The lowest BCUT2D eigenvalue weighted by Gasteiger charge is -2.04. The van der Waals surface area contributed by atoms with Crippen LogP contribution in [-0.2, 0) is 13.0 Å². The Morgan fingerprint density at radius 3 is 2.94 bits per heavy atom. The molecule has 0 aliphatic rings. The molecule has 86 valence electrons. The summed E-state index contributed by atoms with van der Waals surface area (Å²) in [6.07, 6.45) is 3.22. The van der Waals surface area contributed by atoms with Crippen LogP contribution in [0, 0.1) is 0 Å². The zero-order valence-electron chi connectivity index (χ0n) is 9.27. The van der Waals surface area contributed by atoms with Gasteiger partial charge in [-0.25, -0.2) is 0 Å². The van der Waals surface area contributed by atoms with Crippen molar-refractivity contribution in [2.45, 2.75) is 13.0 Å². The SMILES string of the molecule is Clc1ccc2c(ccn2CCc2cccs2)c1. The second-order valence-corrected chi connectivity index (χ2v) is 5.51. The minimum Gasteiger partial charge on any atom is -0.347 e. The Labute approximate surface area is 109 Å². The van der Waals surface area contributed by atoms with Crippen molar-refractivity contribution >= 4 is 33.8 Å². The molecule has 0 aliphatic carbocycles. The fourth-order valence-corrected chi connectivity index (χ4v) is 2.93. The molecule has 0 atom stereocenters. The topological polar surface area (TPSA) is 4.93 Å². The van der Waals surface area contributed by atoms with Crippen molar-refractivity contribution in [3.8, 4) is 0 Å². The number of aryl methyl sites for hydroxylation is 2. The molecule has 3 aromatic rings. The summed E-state index contributed by atoms with van der Waals surface area (Å²) in [5, 5.41) is 4.14. The Kier molecular flexibility index (Phi) is 2.91. The number of fused-ring (bicyclic) bond motifs is 1. The van der Waals surface area contributed by atoms with Gasteiger partial charge in [0.1, 0.15) is 0 Å². The second-order valence-electron chi connectivity index (χ2n) is 4.04. The molecule has 0 aliphatic heterocycles. The van der Waals surface area contributed by atoms with Gasteiger partial charge in [0.2, 0.25) is 0 Å². The zero-order chi connectivity index (χ0) is 11.7. The summed E-state index contributed by atoms with van der Waals surface area (Å²) < 4.78 is 2.28. The Hall–Kier alpha value is -1.25. The van der Waals surface area contributed by atoms with Crippen molar-refractivity contribution in [2.24, 2.45) is 0 Å². The first-order valence-electron chi connectivity index (χ1n) is 5.60. The highest BCUT2D eigenvalue weighted by Crippen LogP contribution is 2.21. The van der Waals surface area contributed by atoms with Crippen molar-refractivity contribution in [1.29, 1.82) is 0 Å². The summed E-state index contributed by atoms with van der Waals surface area (Å²) in [7, 11) is 0. The van der Waals surface area contributed by atoms with Crippen LogP contribution in [0.1, 0.15) is 4.88 Å². The van der Waals surface area contributed by atoms with E-state index in [1.54, 1.807) is 0 Å². The van der Waals surface area contributed by atoms with Crippen molar-refractivity contribution in [3.05, 3.63) is 57.9 Å². The highest BCUT2D eigenvalue weighted by molar-refractivity contribution is 7.09. The highest BCUT2D eigenvalue weighted by atomic mass is 35.5. The molecule has 0 N–H and O–H groups in total. The number of thiophene rings is 1. The van der Waals surface area contributed by atoms with Gasteiger partial charge in [-0.3, -0.25) is 0 Å². The first-order chi connectivity index (χ1) is 8.33. The third kappa shape index (κ3) is 2.24. The molecule has 1 nitrogen and oxygen atoms in total. The number of nitrogens with zero attached hydrogens (tertiary/aromatic N) is 1. The van der Waals surface area contributed by atoms with Crippen LogP contribution in [0.2, 0.25) is 5.02 Å². The fourth-order valence-electron chi connectivity index (χ4n) is 2.05. The number of hydrogen-bond acceptors (Lipinski definition) is 1. The number of halogens is 1. The number of benzene rings is 1. The largest absolute Gasteiger partial charge is 0.347 e. The monoisotopic (exact) mass is 261 g/mol. The van der Waals surface area contributed by atoms with Gasteiger partial charge >= 0.3 is 0 Å². The Morgan fingerprint density at radius 1 is 1.18 bits per heavy atom. The van der Waals surface area contributed by atoms with Gasteiger partial charge in [0, 0.05) is 33.5 Å². The molecule has 17 heavy (non-hydrogen) atoms. The average molecular weight is 262 g/mol. The molecule has 0 amide bonds. The smallest absolute Gasteiger partial charge is 0.0481 e. The van der Waals surface area contributed by atoms with E-state index in [0.717, 1.165) is 18.0 Å². The quantitative estimate of drug-likeness (QED) is 0.649. The van der Waals surface area contributed by atoms with Gasteiger partial charge < -0.3 is 4.57 Å². The zero-order valence-corrected chi connectivity index (χ0v) is 10.8. The summed E-state index contributed by atoms with van der Waals surface area (Å²) >= 11 is 7.80. The van der Waals surface area contributed by atoms with Crippen LogP contribution >= 0.6 is 22.9 Å². The van der Waals surface area contributed by atoms with Crippen LogP contribution in [0.3, 0.4) is 0 Å². The first-order valence-corrected chi connectivity index (χ1v) is 6.85.